The number of aromatic nitrogens is 4. The van der Waals surface area contributed by atoms with Crippen LogP contribution < -0.4 is 5.32 Å². The Morgan fingerprint density at radius 3 is 2.54 bits per heavy atom. The monoisotopic (exact) mass is 485 g/mol. The number of hydrogen-bond acceptors (Lipinski definition) is 6. The molecule has 184 valence electrons. The maximum Gasteiger partial charge on any atom is 0.289 e. The van der Waals surface area contributed by atoms with E-state index in [1.54, 1.807) is 6.07 Å². The van der Waals surface area contributed by atoms with Gasteiger partial charge in [-0.2, -0.15) is 5.10 Å². The van der Waals surface area contributed by atoms with E-state index in [1.165, 1.54) is 6.07 Å². The van der Waals surface area contributed by atoms with Gasteiger partial charge >= 0.3 is 0 Å². The van der Waals surface area contributed by atoms with E-state index in [2.05, 4.69) is 25.5 Å². The van der Waals surface area contributed by atoms with Gasteiger partial charge in [0.25, 0.3) is 5.91 Å². The lowest BCUT2D eigenvalue weighted by Gasteiger charge is -2.39. The zero-order valence-corrected chi connectivity index (χ0v) is 19.5. The summed E-state index contributed by atoms with van der Waals surface area (Å²) in [6.45, 7) is 3.63. The molecule has 0 unspecified atom stereocenters. The molecule has 2 aromatic heterocycles. The molecule has 2 atom stereocenters. The SMILES string of the molecule is CC[C@H]1CC[C@](CC)(c2nc(C(=O)NCCO)ncc2F)c2nnc(-c3c(F)cccc3F)cc21. The molecule has 0 fully saturated rings. The molecule has 1 aromatic carbocycles. The number of carbonyl (C=O) groups is 1. The van der Waals surface area contributed by atoms with Crippen LogP contribution in [0.25, 0.3) is 11.3 Å². The van der Waals surface area contributed by atoms with Gasteiger partial charge in [0, 0.05) is 6.54 Å². The maximum atomic E-state index is 15.2. The highest BCUT2D eigenvalue weighted by Crippen LogP contribution is 2.49. The third kappa shape index (κ3) is 4.38. The number of rotatable bonds is 7. The first-order valence-electron chi connectivity index (χ1n) is 11.6. The van der Waals surface area contributed by atoms with E-state index in [-0.39, 0.29) is 41.8 Å². The van der Waals surface area contributed by atoms with Crippen LogP contribution in [0, 0.1) is 17.5 Å². The Kier molecular flexibility index (Phi) is 7.11. The Hall–Kier alpha value is -3.40. The summed E-state index contributed by atoms with van der Waals surface area (Å²) in [4.78, 5) is 20.5. The second-order valence-corrected chi connectivity index (χ2v) is 8.58. The smallest absolute Gasteiger partial charge is 0.289 e. The Labute approximate surface area is 200 Å². The van der Waals surface area contributed by atoms with E-state index < -0.39 is 28.8 Å². The van der Waals surface area contributed by atoms with Crippen molar-refractivity contribution in [2.75, 3.05) is 13.2 Å². The van der Waals surface area contributed by atoms with E-state index >= 15 is 4.39 Å². The van der Waals surface area contributed by atoms with Crippen molar-refractivity contribution in [3.05, 3.63) is 70.7 Å². The fraction of sp³-hybridized carbons (Fsp3) is 0.400. The second-order valence-electron chi connectivity index (χ2n) is 8.58. The quantitative estimate of drug-likeness (QED) is 0.524. The van der Waals surface area contributed by atoms with Crippen LogP contribution in [0.5, 0.6) is 0 Å². The van der Waals surface area contributed by atoms with Gasteiger partial charge in [0.05, 0.1) is 40.9 Å². The Balaban J connectivity index is 1.88. The van der Waals surface area contributed by atoms with Crippen LogP contribution in [-0.2, 0) is 5.41 Å². The molecule has 2 heterocycles. The lowest BCUT2D eigenvalue weighted by Crippen LogP contribution is -2.38. The fourth-order valence-electron chi connectivity index (χ4n) is 4.88. The molecule has 0 spiro atoms. The predicted molar refractivity (Wildman–Crippen MR) is 122 cm³/mol. The van der Waals surface area contributed by atoms with Crippen molar-refractivity contribution in [1.82, 2.24) is 25.5 Å². The number of fused-ring (bicyclic) bond motifs is 1. The van der Waals surface area contributed by atoms with E-state index in [1.807, 2.05) is 13.8 Å². The Morgan fingerprint density at radius 2 is 1.89 bits per heavy atom. The molecule has 1 amide bonds. The van der Waals surface area contributed by atoms with Crippen molar-refractivity contribution in [2.45, 2.75) is 50.9 Å². The van der Waals surface area contributed by atoms with Crippen LogP contribution in [0.3, 0.4) is 0 Å². The van der Waals surface area contributed by atoms with Gasteiger partial charge in [-0.1, -0.05) is 19.9 Å². The van der Waals surface area contributed by atoms with E-state index in [0.717, 1.165) is 30.3 Å². The molecule has 2 N–H and O–H groups in total. The van der Waals surface area contributed by atoms with Crippen molar-refractivity contribution < 1.29 is 23.1 Å². The molecule has 7 nitrogen and oxygen atoms in total. The zero-order valence-electron chi connectivity index (χ0n) is 19.5. The van der Waals surface area contributed by atoms with Crippen molar-refractivity contribution in [3.63, 3.8) is 0 Å². The highest BCUT2D eigenvalue weighted by Gasteiger charge is 2.45. The van der Waals surface area contributed by atoms with Crippen molar-refractivity contribution in [3.8, 4) is 11.3 Å². The van der Waals surface area contributed by atoms with Gasteiger partial charge in [-0.25, -0.2) is 23.1 Å². The minimum absolute atomic E-state index is 0.00962. The normalized spacial score (nSPS) is 19.3. The summed E-state index contributed by atoms with van der Waals surface area (Å²) in [5.74, 6) is -3.00. The minimum atomic E-state index is -1.00. The first kappa shape index (κ1) is 24.7. The number of benzene rings is 1. The standard InChI is InChI=1S/C25H26F3N5O2/c1-3-14-8-9-25(4-2,22-18(28)13-30-23(31-22)24(35)29-10-11-34)21-15(14)12-19(32-33-21)20-16(26)6-5-7-17(20)27/h5-7,12-14,34H,3-4,8-11H2,1-2H3,(H,29,35)/t14-,25-/m0/s1. The van der Waals surface area contributed by atoms with E-state index in [4.69, 9.17) is 5.11 Å². The number of hydrogen-bond donors (Lipinski definition) is 2. The van der Waals surface area contributed by atoms with Gasteiger partial charge in [0.2, 0.25) is 5.82 Å². The lowest BCUT2D eigenvalue weighted by atomic mass is 9.65. The minimum Gasteiger partial charge on any atom is -0.395 e. The van der Waals surface area contributed by atoms with Gasteiger partial charge in [-0.15, -0.1) is 5.10 Å². The molecule has 0 saturated heterocycles. The van der Waals surface area contributed by atoms with Crippen LogP contribution in [0.4, 0.5) is 13.2 Å². The zero-order chi connectivity index (χ0) is 25.2. The van der Waals surface area contributed by atoms with Gasteiger partial charge < -0.3 is 10.4 Å². The molecular formula is C25H26F3N5O2. The number of aliphatic hydroxyl groups is 1. The summed E-state index contributed by atoms with van der Waals surface area (Å²) in [6, 6.07) is 5.23. The second kappa shape index (κ2) is 10.1. The number of nitrogens with zero attached hydrogens (tertiary/aromatic N) is 4. The molecule has 35 heavy (non-hydrogen) atoms. The molecule has 0 saturated carbocycles. The van der Waals surface area contributed by atoms with Crippen LogP contribution in [0.2, 0.25) is 0 Å². The molecule has 1 aliphatic rings. The Morgan fingerprint density at radius 1 is 1.14 bits per heavy atom. The van der Waals surface area contributed by atoms with Gasteiger partial charge in [-0.3, -0.25) is 4.79 Å². The number of carbonyl (C=O) groups excluding carboxylic acids is 1. The van der Waals surface area contributed by atoms with E-state index in [9.17, 15) is 13.6 Å². The summed E-state index contributed by atoms with van der Waals surface area (Å²) < 4.78 is 44.1. The third-order valence-electron chi connectivity index (χ3n) is 6.75. The molecule has 3 aromatic rings. The number of amides is 1. The fourth-order valence-corrected chi connectivity index (χ4v) is 4.88. The Bertz CT molecular complexity index is 1240. The number of aliphatic hydroxyl groups excluding tert-OH is 1. The predicted octanol–water partition coefficient (Wildman–Crippen LogP) is 4.06. The van der Waals surface area contributed by atoms with Crippen LogP contribution >= 0.6 is 0 Å². The topological polar surface area (TPSA) is 101 Å². The third-order valence-corrected chi connectivity index (χ3v) is 6.75. The molecule has 0 bridgehead atoms. The summed E-state index contributed by atoms with van der Waals surface area (Å²) in [5, 5.41) is 20.0. The van der Waals surface area contributed by atoms with Crippen LogP contribution in [0.1, 0.15) is 73.0 Å². The summed E-state index contributed by atoms with van der Waals surface area (Å²) in [5.41, 5.74) is 0.0483. The average molecular weight is 486 g/mol. The van der Waals surface area contributed by atoms with Crippen molar-refractivity contribution in [2.24, 2.45) is 0 Å². The highest BCUT2D eigenvalue weighted by atomic mass is 19.1. The van der Waals surface area contributed by atoms with Crippen molar-refractivity contribution in [1.29, 1.82) is 0 Å². The summed E-state index contributed by atoms with van der Waals surface area (Å²) in [6.07, 6.45) is 3.28. The van der Waals surface area contributed by atoms with Crippen LogP contribution in [0.15, 0.2) is 30.5 Å². The summed E-state index contributed by atoms with van der Waals surface area (Å²) in [7, 11) is 0. The van der Waals surface area contributed by atoms with Gasteiger partial charge in [0.15, 0.2) is 5.82 Å². The van der Waals surface area contributed by atoms with E-state index in [0.29, 0.717) is 25.0 Å². The van der Waals surface area contributed by atoms with Crippen molar-refractivity contribution >= 4 is 5.91 Å². The largest absolute Gasteiger partial charge is 0.395 e. The number of halogens is 3. The maximum absolute atomic E-state index is 15.2. The summed E-state index contributed by atoms with van der Waals surface area (Å²) >= 11 is 0. The van der Waals surface area contributed by atoms with Gasteiger partial charge in [0.1, 0.15) is 11.6 Å². The molecular weight excluding hydrogens is 459 g/mol. The lowest BCUT2D eigenvalue weighted by molar-refractivity contribution is 0.0933. The average Bonchev–Trinajstić information content (AvgIpc) is 2.86. The number of nitrogens with one attached hydrogen (secondary N) is 1. The molecule has 1 aliphatic carbocycles. The highest BCUT2D eigenvalue weighted by molar-refractivity contribution is 5.90. The molecule has 0 radical (unpaired) electrons. The van der Waals surface area contributed by atoms with Crippen LogP contribution in [-0.4, -0.2) is 44.3 Å². The molecule has 4 rings (SSSR count). The first-order chi connectivity index (χ1) is 16.9. The molecule has 10 heteroatoms. The molecule has 0 aliphatic heterocycles. The first-order valence-corrected chi connectivity index (χ1v) is 11.6. The van der Waals surface area contributed by atoms with Gasteiger partial charge in [-0.05, 0) is 55.4 Å².